The van der Waals surface area contributed by atoms with Crippen LogP contribution >= 0.6 is 0 Å². The van der Waals surface area contributed by atoms with Crippen LogP contribution in [0.25, 0.3) is 72.7 Å². The molecule has 0 unspecified atom stereocenters. The van der Waals surface area contributed by atoms with Gasteiger partial charge in [0, 0.05) is 36.6 Å². The summed E-state index contributed by atoms with van der Waals surface area (Å²) in [6.45, 7) is -1.56. The number of fused-ring (bicyclic) bond motifs is 1. The van der Waals surface area contributed by atoms with Crippen LogP contribution in [0.5, 0.6) is 5.75 Å². The van der Waals surface area contributed by atoms with Crippen LogP contribution in [-0.4, -0.2) is 19.6 Å². The molecule has 0 fully saturated rings. The van der Waals surface area contributed by atoms with Crippen LogP contribution in [0, 0.1) is 0 Å². The average Bonchev–Trinajstić information content (AvgIpc) is 3.67. The Kier molecular flexibility index (Phi) is 6.28. The summed E-state index contributed by atoms with van der Waals surface area (Å²) in [5.74, 6) is -0.399. The minimum Gasteiger partial charge on any atom is -0.507 e. The van der Waals surface area contributed by atoms with Gasteiger partial charge in [0.15, 0.2) is 0 Å². The Balaban J connectivity index is 1.36. The van der Waals surface area contributed by atoms with E-state index in [0.717, 1.165) is 44.6 Å². The fourth-order valence-corrected chi connectivity index (χ4v) is 7.06. The summed E-state index contributed by atoms with van der Waals surface area (Å²) in [5.41, 5.74) is 2.95. The number of phenolic OH excluding ortho intramolecular Hbond substituents is 1. The SMILES string of the molecule is [2H]c1c([2H])c(C(C([2H])([2H])[2H])(C([2H])([2H])[2H])C([2H])([2H])[2H])c([2H])c([2H])c1-c1ccnc(-c2cc(-c3cccc4c3nc(-c3ccccc3O)n4-c3ccc(C([2H])(C)C)cc3-c3ccccc3)cc(C(C)(C)C)c2)c1. The number of para-hydroxylation sites is 2. The van der Waals surface area contributed by atoms with E-state index in [4.69, 9.17) is 24.2 Å². The Morgan fingerprint density at radius 3 is 2.07 bits per heavy atom. The lowest BCUT2D eigenvalue weighted by atomic mass is 9.83. The van der Waals surface area contributed by atoms with Crippen LogP contribution < -0.4 is 0 Å². The third kappa shape index (κ3) is 7.40. The molecule has 0 radical (unpaired) electrons. The predicted octanol–water partition coefficient (Wildman–Crippen LogP) is 14.2. The van der Waals surface area contributed by atoms with Crippen molar-refractivity contribution in [3.8, 4) is 67.5 Å². The lowest BCUT2D eigenvalue weighted by molar-refractivity contribution is 0.477. The molecule has 6 aromatic carbocycles. The Morgan fingerprint density at radius 2 is 1.35 bits per heavy atom. The second-order valence-corrected chi connectivity index (χ2v) is 15.5. The summed E-state index contributed by atoms with van der Waals surface area (Å²) in [6, 6.07) is 33.8. The number of nitrogens with zero attached hydrogens (tertiary/aromatic N) is 3. The summed E-state index contributed by atoms with van der Waals surface area (Å²) in [6.07, 6.45) is 1.42. The van der Waals surface area contributed by atoms with Crippen molar-refractivity contribution >= 4 is 11.0 Å². The van der Waals surface area contributed by atoms with Crippen LogP contribution in [0.15, 0.2) is 152 Å². The van der Waals surface area contributed by atoms with Crippen molar-refractivity contribution in [3.05, 3.63) is 168 Å². The van der Waals surface area contributed by atoms with Gasteiger partial charge in [0.1, 0.15) is 11.6 Å². The van der Waals surface area contributed by atoms with Gasteiger partial charge in [-0.2, -0.15) is 0 Å². The monoisotopic (exact) mass is 759 g/mol. The van der Waals surface area contributed by atoms with Gasteiger partial charge in [-0.25, -0.2) is 4.98 Å². The van der Waals surface area contributed by atoms with E-state index in [-0.39, 0.29) is 16.9 Å². The molecule has 0 saturated carbocycles. The molecule has 0 atom stereocenters. The van der Waals surface area contributed by atoms with Gasteiger partial charge >= 0.3 is 0 Å². The Hall–Kier alpha value is -6.26. The molecular weight excluding hydrogens is 695 g/mol. The highest BCUT2D eigenvalue weighted by Gasteiger charge is 2.24. The maximum atomic E-state index is 11.4. The minimum absolute atomic E-state index is 0.0290. The zero-order chi connectivity index (χ0) is 52.0. The van der Waals surface area contributed by atoms with Crippen molar-refractivity contribution < 1.29 is 24.3 Å². The molecule has 0 spiro atoms. The largest absolute Gasteiger partial charge is 0.507 e. The molecule has 4 heteroatoms. The fraction of sp³-hybridized carbons (Fsp3) is 0.208. The lowest BCUT2D eigenvalue weighted by Gasteiger charge is -2.22. The quantitative estimate of drug-likeness (QED) is 0.176. The molecule has 284 valence electrons. The molecule has 57 heavy (non-hydrogen) atoms. The number of benzene rings is 6. The first-order valence-electron chi connectivity index (χ1n) is 25.7. The minimum atomic E-state index is -3.81. The first kappa shape index (κ1) is 24.4. The third-order valence-electron chi connectivity index (χ3n) is 10.2. The molecule has 0 amide bonds. The molecule has 0 aliphatic rings. The smallest absolute Gasteiger partial charge is 0.149 e. The molecule has 8 aromatic rings. The zero-order valence-corrected chi connectivity index (χ0v) is 32.4. The number of hydrogen-bond acceptors (Lipinski definition) is 3. The van der Waals surface area contributed by atoms with Gasteiger partial charge in [0.2, 0.25) is 0 Å². The second kappa shape index (κ2) is 14.7. The number of pyridine rings is 1. The number of imidazole rings is 1. The Bertz CT molecular complexity index is 3290. The lowest BCUT2D eigenvalue weighted by Crippen LogP contribution is -2.11. The highest BCUT2D eigenvalue weighted by atomic mass is 16.3. The van der Waals surface area contributed by atoms with E-state index in [0.29, 0.717) is 28.2 Å². The van der Waals surface area contributed by atoms with E-state index in [2.05, 4.69) is 31.8 Å². The molecular formula is C53H51N3O. The summed E-state index contributed by atoms with van der Waals surface area (Å²) in [5, 5.41) is 11.4. The first-order chi connectivity index (χ1) is 33.0. The summed E-state index contributed by atoms with van der Waals surface area (Å²) < 4.78 is 121. The third-order valence-corrected chi connectivity index (χ3v) is 10.2. The average molecular weight is 760 g/mol. The van der Waals surface area contributed by atoms with Gasteiger partial charge in [-0.3, -0.25) is 9.55 Å². The molecule has 0 saturated heterocycles. The van der Waals surface area contributed by atoms with Gasteiger partial charge in [-0.05, 0) is 110 Å². The molecule has 0 bridgehead atoms. The highest BCUT2D eigenvalue weighted by molar-refractivity contribution is 5.97. The number of aromatic hydroxyl groups is 1. The highest BCUT2D eigenvalue weighted by Crippen LogP contribution is 2.42. The second-order valence-electron chi connectivity index (χ2n) is 15.5. The molecule has 0 aliphatic heterocycles. The van der Waals surface area contributed by atoms with E-state index in [1.807, 2.05) is 109 Å². The van der Waals surface area contributed by atoms with Gasteiger partial charge in [0.25, 0.3) is 0 Å². The van der Waals surface area contributed by atoms with Crippen molar-refractivity contribution in [2.75, 3.05) is 0 Å². The molecule has 0 aliphatic carbocycles. The maximum absolute atomic E-state index is 11.4. The summed E-state index contributed by atoms with van der Waals surface area (Å²) in [7, 11) is 0. The fourth-order valence-electron chi connectivity index (χ4n) is 7.06. The van der Waals surface area contributed by atoms with Crippen LogP contribution in [0.3, 0.4) is 0 Å². The van der Waals surface area contributed by atoms with Crippen LogP contribution in [0.4, 0.5) is 0 Å². The topological polar surface area (TPSA) is 50.9 Å². The van der Waals surface area contributed by atoms with Crippen LogP contribution in [-0.2, 0) is 10.8 Å². The van der Waals surface area contributed by atoms with E-state index in [9.17, 15) is 5.11 Å². The molecule has 2 aromatic heterocycles. The number of rotatable bonds is 7. The number of phenols is 1. The maximum Gasteiger partial charge on any atom is 0.149 e. The molecule has 2 heterocycles. The molecule has 8 rings (SSSR count). The van der Waals surface area contributed by atoms with Crippen LogP contribution in [0.2, 0.25) is 0 Å². The number of aromatic nitrogens is 3. The van der Waals surface area contributed by atoms with Gasteiger partial charge in [0.05, 0.1) is 33.5 Å². The zero-order valence-electron chi connectivity index (χ0n) is 46.4. The van der Waals surface area contributed by atoms with Gasteiger partial charge < -0.3 is 5.11 Å². The molecule has 1 N–H and O–H groups in total. The van der Waals surface area contributed by atoms with Crippen molar-refractivity contribution in [1.29, 1.82) is 0 Å². The first-order valence-corrected chi connectivity index (χ1v) is 18.7. The van der Waals surface area contributed by atoms with Crippen molar-refractivity contribution in [2.24, 2.45) is 0 Å². The summed E-state index contributed by atoms with van der Waals surface area (Å²) >= 11 is 0. The Morgan fingerprint density at radius 1 is 0.632 bits per heavy atom. The Labute approximate surface area is 357 Å². The number of hydrogen-bond donors (Lipinski definition) is 1. The van der Waals surface area contributed by atoms with E-state index >= 15 is 0 Å². The van der Waals surface area contributed by atoms with Crippen molar-refractivity contribution in [1.82, 2.24) is 14.5 Å². The van der Waals surface area contributed by atoms with Crippen molar-refractivity contribution in [2.45, 2.75) is 71.9 Å². The predicted molar refractivity (Wildman–Crippen MR) is 239 cm³/mol. The van der Waals surface area contributed by atoms with Crippen LogP contribution in [0.1, 0.15) is 96.9 Å². The van der Waals surface area contributed by atoms with Gasteiger partial charge in [-0.15, -0.1) is 0 Å². The standard InChI is InChI=1S/C53H51N3O/c1-34(2)37-23-26-47(45(32-37)36-15-10-9-11-16-36)56-48-19-14-18-43(50(48)55-51(56)44-17-12-13-20-49(44)57)39-29-40(31-42(30-39)53(6,7)8)46-33-38(27-28-54-46)35-21-24-41(25-22-35)52(3,4)5/h9-34,57H,1-8H3/i3D3,4D3,5D3,21D,22D,24D,25D,34D. The van der Waals surface area contributed by atoms with E-state index in [1.54, 1.807) is 18.2 Å². The van der Waals surface area contributed by atoms with E-state index < -0.39 is 67.0 Å². The summed E-state index contributed by atoms with van der Waals surface area (Å²) in [4.78, 5) is 10.0. The van der Waals surface area contributed by atoms with E-state index in [1.165, 1.54) is 12.3 Å². The normalized spacial score (nSPS) is 16.5. The van der Waals surface area contributed by atoms with Crippen molar-refractivity contribution in [3.63, 3.8) is 0 Å². The molecule has 4 nitrogen and oxygen atoms in total. The van der Waals surface area contributed by atoms with Gasteiger partial charge in [-0.1, -0.05) is 146 Å².